The number of hydrogen-bond donors (Lipinski definition) is 1. The van der Waals surface area contributed by atoms with E-state index in [1.165, 1.54) is 4.90 Å². The minimum atomic E-state index is -1.19. The van der Waals surface area contributed by atoms with Crippen LogP contribution in [0, 0.1) is 31.6 Å². The first-order valence-electron chi connectivity index (χ1n) is 14.0. The van der Waals surface area contributed by atoms with Gasteiger partial charge in [0.15, 0.2) is 0 Å². The van der Waals surface area contributed by atoms with E-state index in [1.807, 2.05) is 52.0 Å². The lowest BCUT2D eigenvalue weighted by atomic mass is 9.62. The van der Waals surface area contributed by atoms with Gasteiger partial charge in [-0.25, -0.2) is 0 Å². The predicted octanol–water partition coefficient (Wildman–Crippen LogP) is 3.72. The highest BCUT2D eigenvalue weighted by molar-refractivity contribution is 6.05. The minimum Gasteiger partial charge on any atom is -0.465 e. The van der Waals surface area contributed by atoms with Gasteiger partial charge in [-0.05, 0) is 63.5 Å². The number of aliphatic hydroxyl groups is 1. The SMILES string of the molecule is C=CCCCCOC(=O)[C@@H]1[C@H]2C(=O)N(CCO)C(C(=O)N(CC=C)c3c(C)cccc3C)C23CC(C)[C@@]1(C)O3. The van der Waals surface area contributed by atoms with Crippen LogP contribution in [-0.2, 0) is 23.9 Å². The van der Waals surface area contributed by atoms with Crippen LogP contribution in [0.5, 0.6) is 0 Å². The summed E-state index contributed by atoms with van der Waals surface area (Å²) in [6, 6.07) is 4.84. The van der Waals surface area contributed by atoms with Crippen molar-refractivity contribution >= 4 is 23.5 Å². The van der Waals surface area contributed by atoms with E-state index < -0.39 is 35.0 Å². The lowest BCUT2D eigenvalue weighted by molar-refractivity contribution is -0.161. The van der Waals surface area contributed by atoms with Crippen LogP contribution in [0.15, 0.2) is 43.5 Å². The highest BCUT2D eigenvalue weighted by Crippen LogP contribution is 2.65. The minimum absolute atomic E-state index is 0.0278. The number of esters is 1. The van der Waals surface area contributed by atoms with Gasteiger partial charge in [0.1, 0.15) is 17.6 Å². The molecule has 0 aromatic heterocycles. The maximum atomic E-state index is 14.6. The molecule has 212 valence electrons. The predicted molar refractivity (Wildman–Crippen MR) is 149 cm³/mol. The summed E-state index contributed by atoms with van der Waals surface area (Å²) in [6.07, 6.45) is 6.34. The Balaban J connectivity index is 1.74. The monoisotopic (exact) mass is 538 g/mol. The number of para-hydroxylation sites is 1. The first-order valence-corrected chi connectivity index (χ1v) is 14.0. The first kappa shape index (κ1) is 29.0. The van der Waals surface area contributed by atoms with Gasteiger partial charge in [0, 0.05) is 18.8 Å². The Kier molecular flexibility index (Phi) is 8.38. The largest absolute Gasteiger partial charge is 0.465 e. The fraction of sp³-hybridized carbons (Fsp3) is 0.581. The molecule has 39 heavy (non-hydrogen) atoms. The molecule has 6 atom stereocenters. The van der Waals surface area contributed by atoms with Gasteiger partial charge >= 0.3 is 5.97 Å². The Morgan fingerprint density at radius 1 is 1.23 bits per heavy atom. The number of allylic oxidation sites excluding steroid dienone is 1. The van der Waals surface area contributed by atoms with Crippen LogP contribution in [0.25, 0.3) is 0 Å². The summed E-state index contributed by atoms with van der Waals surface area (Å²) in [6.45, 7) is 15.5. The third kappa shape index (κ3) is 4.61. The van der Waals surface area contributed by atoms with Crippen LogP contribution < -0.4 is 4.90 Å². The normalized spacial score (nSPS) is 30.8. The summed E-state index contributed by atoms with van der Waals surface area (Å²) in [4.78, 5) is 45.2. The van der Waals surface area contributed by atoms with Crippen molar-refractivity contribution in [3.05, 3.63) is 54.6 Å². The highest BCUT2D eigenvalue weighted by atomic mass is 16.6. The fourth-order valence-electron chi connectivity index (χ4n) is 7.18. The van der Waals surface area contributed by atoms with Crippen molar-refractivity contribution in [3.63, 3.8) is 0 Å². The van der Waals surface area contributed by atoms with Gasteiger partial charge in [-0.1, -0.05) is 37.3 Å². The van der Waals surface area contributed by atoms with Gasteiger partial charge in [0.25, 0.3) is 5.91 Å². The summed E-state index contributed by atoms with van der Waals surface area (Å²) in [5.74, 6) is -2.88. The number of anilines is 1. The number of unbranched alkanes of at least 4 members (excludes halogenated alkanes) is 2. The Bertz CT molecular complexity index is 1130. The van der Waals surface area contributed by atoms with Crippen LogP contribution in [0.1, 0.15) is 50.7 Å². The summed E-state index contributed by atoms with van der Waals surface area (Å²) < 4.78 is 12.4. The third-order valence-corrected chi connectivity index (χ3v) is 8.98. The number of β-amino-alcohol motifs (C(OH)–C–C–N with tert-alkyl or cyclic N) is 1. The number of nitrogens with zero attached hydrogens (tertiary/aromatic N) is 2. The molecule has 3 heterocycles. The van der Waals surface area contributed by atoms with E-state index in [0.717, 1.165) is 29.7 Å². The zero-order chi connectivity index (χ0) is 28.5. The molecule has 0 aliphatic carbocycles. The summed E-state index contributed by atoms with van der Waals surface area (Å²) >= 11 is 0. The Hall–Kier alpha value is -2.97. The van der Waals surface area contributed by atoms with Crippen LogP contribution in [0.3, 0.4) is 0 Å². The molecule has 1 aromatic carbocycles. The fourth-order valence-corrected chi connectivity index (χ4v) is 7.18. The number of benzene rings is 1. The smallest absolute Gasteiger partial charge is 0.312 e. The Morgan fingerprint density at radius 2 is 1.92 bits per heavy atom. The molecule has 3 unspecified atom stereocenters. The van der Waals surface area contributed by atoms with Crippen molar-refractivity contribution in [2.75, 3.05) is 31.2 Å². The van der Waals surface area contributed by atoms with Gasteiger partial charge in [-0.15, -0.1) is 13.2 Å². The molecule has 1 aromatic rings. The van der Waals surface area contributed by atoms with Crippen molar-refractivity contribution in [1.82, 2.24) is 4.90 Å². The molecule has 3 aliphatic heterocycles. The molecule has 2 amide bonds. The van der Waals surface area contributed by atoms with Crippen LogP contribution in [0.2, 0.25) is 0 Å². The average Bonchev–Trinajstić information content (AvgIpc) is 3.40. The van der Waals surface area contributed by atoms with Crippen molar-refractivity contribution in [3.8, 4) is 0 Å². The molecule has 8 nitrogen and oxygen atoms in total. The highest BCUT2D eigenvalue weighted by Gasteiger charge is 2.80. The van der Waals surface area contributed by atoms with E-state index in [0.29, 0.717) is 12.8 Å². The maximum Gasteiger partial charge on any atom is 0.312 e. The van der Waals surface area contributed by atoms with Crippen molar-refractivity contribution < 1.29 is 29.0 Å². The number of fused-ring (bicyclic) bond motifs is 1. The van der Waals surface area contributed by atoms with Crippen molar-refractivity contribution in [1.29, 1.82) is 0 Å². The number of aliphatic hydroxyl groups excluding tert-OH is 1. The number of ether oxygens (including phenoxy) is 2. The molecular formula is C31H42N2O6. The number of carbonyl (C=O) groups excluding carboxylic acids is 3. The van der Waals surface area contributed by atoms with E-state index in [4.69, 9.17) is 9.47 Å². The van der Waals surface area contributed by atoms with Gasteiger partial charge in [-0.2, -0.15) is 0 Å². The molecule has 3 fully saturated rings. The van der Waals surface area contributed by atoms with E-state index in [1.54, 1.807) is 11.0 Å². The number of likely N-dealkylation sites (tertiary alicyclic amines) is 1. The molecule has 1 spiro atoms. The number of rotatable bonds is 12. The zero-order valence-electron chi connectivity index (χ0n) is 23.7. The topological polar surface area (TPSA) is 96.4 Å². The van der Waals surface area contributed by atoms with E-state index in [2.05, 4.69) is 13.2 Å². The second kappa shape index (κ2) is 11.3. The number of carbonyl (C=O) groups is 3. The average molecular weight is 539 g/mol. The lowest BCUT2D eigenvalue weighted by Gasteiger charge is -2.37. The zero-order valence-corrected chi connectivity index (χ0v) is 23.7. The summed E-state index contributed by atoms with van der Waals surface area (Å²) in [5, 5.41) is 9.91. The summed E-state index contributed by atoms with van der Waals surface area (Å²) in [7, 11) is 0. The van der Waals surface area contributed by atoms with Gasteiger partial charge in [0.2, 0.25) is 5.91 Å². The van der Waals surface area contributed by atoms with Crippen LogP contribution in [-0.4, -0.2) is 71.3 Å². The first-order chi connectivity index (χ1) is 18.6. The van der Waals surface area contributed by atoms with E-state index >= 15 is 0 Å². The molecule has 0 radical (unpaired) electrons. The second-order valence-corrected chi connectivity index (χ2v) is 11.4. The maximum absolute atomic E-state index is 14.6. The van der Waals surface area contributed by atoms with Crippen molar-refractivity contribution in [2.45, 2.75) is 70.6 Å². The van der Waals surface area contributed by atoms with Crippen LogP contribution in [0.4, 0.5) is 5.69 Å². The van der Waals surface area contributed by atoms with E-state index in [9.17, 15) is 19.5 Å². The molecular weight excluding hydrogens is 496 g/mol. The standard InChI is InChI=1S/C31H42N2O6/c1-7-9-10-11-18-38-29(37)24-23-27(35)33(16-17-34)26(31(23)19-22(5)30(24,6)39-31)28(36)32(15-8-2)25-20(3)13-12-14-21(25)4/h7-8,12-14,22-24,26,34H,1-2,9-11,15-19H2,3-6H3/t22?,23-,24-,26?,30+,31?/m0/s1. The van der Waals surface area contributed by atoms with Gasteiger partial charge in [0.05, 0.1) is 24.7 Å². The van der Waals surface area contributed by atoms with Crippen LogP contribution >= 0.6 is 0 Å². The number of amides is 2. The Morgan fingerprint density at radius 3 is 2.54 bits per heavy atom. The molecule has 1 N–H and O–H groups in total. The molecule has 8 heteroatoms. The lowest BCUT2D eigenvalue weighted by Crippen LogP contribution is -2.57. The number of hydrogen-bond acceptors (Lipinski definition) is 6. The molecule has 2 bridgehead atoms. The van der Waals surface area contributed by atoms with E-state index in [-0.39, 0.29) is 44.0 Å². The molecule has 3 aliphatic rings. The van der Waals surface area contributed by atoms with Crippen molar-refractivity contribution in [2.24, 2.45) is 17.8 Å². The third-order valence-electron chi connectivity index (χ3n) is 8.98. The molecule has 3 saturated heterocycles. The molecule has 0 saturated carbocycles. The summed E-state index contributed by atoms with van der Waals surface area (Å²) in [5.41, 5.74) is 0.477. The molecule has 4 rings (SSSR count). The quantitative estimate of drug-likeness (QED) is 0.248. The van der Waals surface area contributed by atoms with Gasteiger partial charge in [-0.3, -0.25) is 14.4 Å². The Labute approximate surface area is 231 Å². The number of aryl methyl sites for hydroxylation is 2. The second-order valence-electron chi connectivity index (χ2n) is 11.4. The van der Waals surface area contributed by atoms with Gasteiger partial charge < -0.3 is 24.4 Å².